The van der Waals surface area contributed by atoms with Crippen LogP contribution in [0.4, 0.5) is 5.82 Å². The Morgan fingerprint density at radius 3 is 2.71 bits per heavy atom. The summed E-state index contributed by atoms with van der Waals surface area (Å²) in [6.07, 6.45) is 0. The van der Waals surface area contributed by atoms with Crippen LogP contribution in [-0.2, 0) is 4.84 Å². The SMILES string of the molecule is Cc1cc(N2CCN(C(=O)c3ccccc3I)CCO2)nc(C)n1. The number of hydrogen-bond acceptors (Lipinski definition) is 5. The lowest BCUT2D eigenvalue weighted by Gasteiger charge is -2.22. The highest BCUT2D eigenvalue weighted by atomic mass is 127. The van der Waals surface area contributed by atoms with E-state index in [1.807, 2.05) is 49.1 Å². The van der Waals surface area contributed by atoms with Gasteiger partial charge in [0.2, 0.25) is 0 Å². The van der Waals surface area contributed by atoms with E-state index in [1.54, 1.807) is 5.06 Å². The number of amides is 1. The third kappa shape index (κ3) is 3.84. The molecule has 0 atom stereocenters. The molecule has 0 N–H and O–H groups in total. The number of carbonyl (C=O) groups is 1. The summed E-state index contributed by atoms with van der Waals surface area (Å²) >= 11 is 2.20. The fraction of sp³-hybridized carbons (Fsp3) is 0.353. The quantitative estimate of drug-likeness (QED) is 0.675. The molecule has 6 nitrogen and oxygen atoms in total. The first kappa shape index (κ1) is 17.1. The molecule has 7 heteroatoms. The molecular weight excluding hydrogens is 419 g/mol. The molecule has 1 saturated heterocycles. The number of aromatic nitrogens is 2. The third-order valence-electron chi connectivity index (χ3n) is 3.78. The van der Waals surface area contributed by atoms with Crippen molar-refractivity contribution < 1.29 is 9.63 Å². The van der Waals surface area contributed by atoms with Gasteiger partial charge in [0.15, 0.2) is 5.82 Å². The number of hydroxylamine groups is 1. The number of benzene rings is 1. The number of aryl methyl sites for hydroxylation is 2. The highest BCUT2D eigenvalue weighted by molar-refractivity contribution is 14.1. The molecule has 1 aromatic carbocycles. The van der Waals surface area contributed by atoms with Gasteiger partial charge in [-0.3, -0.25) is 9.63 Å². The van der Waals surface area contributed by atoms with Crippen LogP contribution in [0.1, 0.15) is 21.9 Å². The van der Waals surface area contributed by atoms with Crippen LogP contribution in [0.25, 0.3) is 0 Å². The van der Waals surface area contributed by atoms with E-state index in [-0.39, 0.29) is 5.91 Å². The zero-order valence-corrected chi connectivity index (χ0v) is 15.9. The number of rotatable bonds is 2. The molecule has 1 amide bonds. The smallest absolute Gasteiger partial charge is 0.255 e. The molecule has 1 aliphatic heterocycles. The number of nitrogens with zero attached hydrogens (tertiary/aromatic N) is 4. The number of carbonyl (C=O) groups excluding carboxylic acids is 1. The molecule has 0 radical (unpaired) electrons. The molecule has 2 aromatic rings. The van der Waals surface area contributed by atoms with Crippen LogP contribution < -0.4 is 5.06 Å². The van der Waals surface area contributed by atoms with Gasteiger partial charge in [-0.25, -0.2) is 15.0 Å². The molecule has 1 fully saturated rings. The van der Waals surface area contributed by atoms with E-state index >= 15 is 0 Å². The molecule has 0 aliphatic carbocycles. The van der Waals surface area contributed by atoms with Gasteiger partial charge in [-0.05, 0) is 48.6 Å². The van der Waals surface area contributed by atoms with Crippen molar-refractivity contribution in [3.05, 3.63) is 51.0 Å². The Bertz CT molecular complexity index is 733. The van der Waals surface area contributed by atoms with Crippen molar-refractivity contribution in [3.63, 3.8) is 0 Å². The second kappa shape index (κ2) is 7.43. The average molecular weight is 438 g/mol. The summed E-state index contributed by atoms with van der Waals surface area (Å²) in [6.45, 7) is 5.96. The van der Waals surface area contributed by atoms with E-state index < -0.39 is 0 Å². The maximum Gasteiger partial charge on any atom is 0.255 e. The van der Waals surface area contributed by atoms with Gasteiger partial charge in [0, 0.05) is 28.4 Å². The molecule has 24 heavy (non-hydrogen) atoms. The van der Waals surface area contributed by atoms with Crippen LogP contribution in [0, 0.1) is 17.4 Å². The predicted molar refractivity (Wildman–Crippen MR) is 99.9 cm³/mol. The molecule has 0 spiro atoms. The number of halogens is 1. The van der Waals surface area contributed by atoms with Crippen molar-refractivity contribution in [3.8, 4) is 0 Å². The van der Waals surface area contributed by atoms with Gasteiger partial charge in [-0.1, -0.05) is 12.1 Å². The summed E-state index contributed by atoms with van der Waals surface area (Å²) in [5.74, 6) is 1.49. The monoisotopic (exact) mass is 438 g/mol. The van der Waals surface area contributed by atoms with E-state index in [2.05, 4.69) is 32.6 Å². The topological polar surface area (TPSA) is 58.6 Å². The molecule has 0 unspecified atom stereocenters. The molecule has 0 saturated carbocycles. The van der Waals surface area contributed by atoms with Crippen molar-refractivity contribution in [2.75, 3.05) is 31.3 Å². The highest BCUT2D eigenvalue weighted by Crippen LogP contribution is 2.18. The summed E-state index contributed by atoms with van der Waals surface area (Å²) in [5.41, 5.74) is 1.64. The van der Waals surface area contributed by atoms with Crippen LogP contribution in [0.2, 0.25) is 0 Å². The van der Waals surface area contributed by atoms with Gasteiger partial charge < -0.3 is 4.90 Å². The lowest BCUT2D eigenvalue weighted by Crippen LogP contribution is -2.36. The summed E-state index contributed by atoms with van der Waals surface area (Å²) in [7, 11) is 0. The Morgan fingerprint density at radius 1 is 1.17 bits per heavy atom. The standard InChI is InChI=1S/C17H19IN4O2/c1-12-11-16(20-13(2)19-12)22-8-7-21(9-10-24-22)17(23)14-5-3-4-6-15(14)18/h3-6,11H,7-10H2,1-2H3. The maximum atomic E-state index is 12.7. The minimum atomic E-state index is 0.0421. The largest absolute Gasteiger partial charge is 0.334 e. The molecule has 1 aromatic heterocycles. The zero-order chi connectivity index (χ0) is 17.1. The molecular formula is C17H19IN4O2. The van der Waals surface area contributed by atoms with E-state index in [0.29, 0.717) is 32.1 Å². The Kier molecular flexibility index (Phi) is 5.30. The van der Waals surface area contributed by atoms with Crippen molar-refractivity contribution >= 4 is 34.3 Å². The first-order valence-electron chi connectivity index (χ1n) is 7.81. The fourth-order valence-electron chi connectivity index (χ4n) is 2.66. The van der Waals surface area contributed by atoms with Crippen molar-refractivity contribution in [1.29, 1.82) is 0 Å². The Morgan fingerprint density at radius 2 is 1.96 bits per heavy atom. The molecule has 0 bridgehead atoms. The summed E-state index contributed by atoms with van der Waals surface area (Å²) in [4.78, 5) is 29.1. The molecule has 2 heterocycles. The van der Waals surface area contributed by atoms with Crippen molar-refractivity contribution in [1.82, 2.24) is 14.9 Å². The summed E-state index contributed by atoms with van der Waals surface area (Å²) in [5, 5.41) is 1.75. The van der Waals surface area contributed by atoms with E-state index in [0.717, 1.165) is 20.6 Å². The van der Waals surface area contributed by atoms with Gasteiger partial charge in [-0.2, -0.15) is 0 Å². The third-order valence-corrected chi connectivity index (χ3v) is 4.72. The predicted octanol–water partition coefficient (Wildman–Crippen LogP) is 2.59. The van der Waals surface area contributed by atoms with Crippen LogP contribution in [-0.4, -0.2) is 47.0 Å². The second-order valence-corrected chi connectivity index (χ2v) is 6.78. The van der Waals surface area contributed by atoms with Gasteiger partial charge in [-0.15, -0.1) is 0 Å². The van der Waals surface area contributed by atoms with Gasteiger partial charge in [0.05, 0.1) is 18.7 Å². The minimum Gasteiger partial charge on any atom is -0.334 e. The summed E-state index contributed by atoms with van der Waals surface area (Å²) in [6, 6.07) is 9.53. The first-order valence-corrected chi connectivity index (χ1v) is 8.89. The van der Waals surface area contributed by atoms with E-state index in [1.165, 1.54) is 0 Å². The van der Waals surface area contributed by atoms with E-state index in [9.17, 15) is 4.79 Å². The Balaban J connectivity index is 1.73. The highest BCUT2D eigenvalue weighted by Gasteiger charge is 2.23. The zero-order valence-electron chi connectivity index (χ0n) is 13.7. The minimum absolute atomic E-state index is 0.0421. The van der Waals surface area contributed by atoms with Gasteiger partial charge in [0.25, 0.3) is 5.91 Å². The van der Waals surface area contributed by atoms with Crippen LogP contribution in [0.5, 0.6) is 0 Å². The van der Waals surface area contributed by atoms with Crippen molar-refractivity contribution in [2.45, 2.75) is 13.8 Å². The van der Waals surface area contributed by atoms with Crippen LogP contribution in [0.3, 0.4) is 0 Å². The normalized spacial score (nSPS) is 15.3. The van der Waals surface area contributed by atoms with Gasteiger partial charge in [0.1, 0.15) is 5.82 Å². The molecule has 3 rings (SSSR count). The number of hydrogen-bond donors (Lipinski definition) is 0. The van der Waals surface area contributed by atoms with Gasteiger partial charge >= 0.3 is 0 Å². The average Bonchev–Trinajstić information content (AvgIpc) is 2.80. The maximum absolute atomic E-state index is 12.7. The fourth-order valence-corrected chi connectivity index (χ4v) is 3.28. The van der Waals surface area contributed by atoms with Crippen LogP contribution >= 0.6 is 22.6 Å². The summed E-state index contributed by atoms with van der Waals surface area (Å²) < 4.78 is 0.962. The van der Waals surface area contributed by atoms with Crippen molar-refractivity contribution in [2.24, 2.45) is 0 Å². The Labute approximate surface area is 154 Å². The number of anilines is 1. The van der Waals surface area contributed by atoms with E-state index in [4.69, 9.17) is 4.84 Å². The van der Waals surface area contributed by atoms with Crippen LogP contribution in [0.15, 0.2) is 30.3 Å². The lowest BCUT2D eigenvalue weighted by molar-refractivity contribution is 0.0729. The second-order valence-electron chi connectivity index (χ2n) is 5.62. The lowest BCUT2D eigenvalue weighted by atomic mass is 10.2. The first-order chi connectivity index (χ1) is 11.5. The molecule has 126 valence electrons. The molecule has 1 aliphatic rings. The Hall–Kier alpha value is -1.74.